The van der Waals surface area contributed by atoms with Gasteiger partial charge in [0.1, 0.15) is 6.04 Å². The van der Waals surface area contributed by atoms with Crippen molar-refractivity contribution < 1.29 is 14.7 Å². The molecule has 2 saturated heterocycles. The van der Waals surface area contributed by atoms with Gasteiger partial charge in [0.25, 0.3) is 0 Å². The number of nitrogens with one attached hydrogen (secondary N) is 2. The Kier molecular flexibility index (Phi) is 5.62. The number of hydrogen-bond donors (Lipinski definition) is 3. The number of carbonyl (C=O) groups excluding carboxylic acids is 2. The molecule has 3 rings (SSSR count). The van der Waals surface area contributed by atoms with Crippen molar-refractivity contribution in [2.75, 3.05) is 11.4 Å². The molecule has 0 radical (unpaired) electrons. The summed E-state index contributed by atoms with van der Waals surface area (Å²) in [5.74, 6) is -0.289. The molecule has 7 heteroatoms. The smallest absolute Gasteiger partial charge is 0.249 e. The summed E-state index contributed by atoms with van der Waals surface area (Å²) in [6, 6.07) is 8.62. The highest BCUT2D eigenvalue weighted by Crippen LogP contribution is 2.26. The Labute approximate surface area is 141 Å². The minimum absolute atomic E-state index is 0. The zero-order chi connectivity index (χ0) is 15.7. The highest BCUT2D eigenvalue weighted by Gasteiger charge is 2.40. The van der Waals surface area contributed by atoms with Gasteiger partial charge in [0, 0.05) is 18.3 Å². The number of aliphatic hydroxyl groups is 1. The second-order valence-electron chi connectivity index (χ2n) is 6.04. The summed E-state index contributed by atoms with van der Waals surface area (Å²) < 4.78 is 0. The van der Waals surface area contributed by atoms with E-state index in [0.29, 0.717) is 19.4 Å². The summed E-state index contributed by atoms with van der Waals surface area (Å²) in [5.41, 5.74) is 0.853. The van der Waals surface area contributed by atoms with E-state index >= 15 is 0 Å². The Morgan fingerprint density at radius 2 is 2.00 bits per heavy atom. The molecular formula is C16H22ClN3O3. The van der Waals surface area contributed by atoms with E-state index in [-0.39, 0.29) is 30.3 Å². The average molecular weight is 340 g/mol. The van der Waals surface area contributed by atoms with Crippen molar-refractivity contribution in [1.82, 2.24) is 10.6 Å². The first kappa shape index (κ1) is 17.7. The summed E-state index contributed by atoms with van der Waals surface area (Å²) in [5, 5.41) is 15.3. The van der Waals surface area contributed by atoms with Crippen LogP contribution in [0.5, 0.6) is 0 Å². The molecule has 0 aromatic heterocycles. The Morgan fingerprint density at radius 1 is 1.30 bits per heavy atom. The Hall–Kier alpha value is -1.63. The van der Waals surface area contributed by atoms with Gasteiger partial charge in [-0.15, -0.1) is 12.4 Å². The van der Waals surface area contributed by atoms with Crippen LogP contribution in [0.1, 0.15) is 19.8 Å². The van der Waals surface area contributed by atoms with Crippen LogP contribution in [0.25, 0.3) is 0 Å². The summed E-state index contributed by atoms with van der Waals surface area (Å²) in [6.07, 6.45) is 0.495. The summed E-state index contributed by atoms with van der Waals surface area (Å²) in [7, 11) is 0. The lowest BCUT2D eigenvalue weighted by atomic mass is 10.1. The number of anilines is 1. The van der Waals surface area contributed by atoms with E-state index in [4.69, 9.17) is 0 Å². The molecule has 2 fully saturated rings. The summed E-state index contributed by atoms with van der Waals surface area (Å²) in [4.78, 5) is 26.5. The molecule has 0 bridgehead atoms. The van der Waals surface area contributed by atoms with Gasteiger partial charge in [-0.1, -0.05) is 18.2 Å². The fourth-order valence-electron chi connectivity index (χ4n) is 3.21. The van der Waals surface area contributed by atoms with Gasteiger partial charge >= 0.3 is 0 Å². The predicted molar refractivity (Wildman–Crippen MR) is 89.6 cm³/mol. The van der Waals surface area contributed by atoms with Gasteiger partial charge in [0.05, 0.1) is 12.1 Å². The van der Waals surface area contributed by atoms with E-state index in [0.717, 1.165) is 5.69 Å². The highest BCUT2D eigenvalue weighted by atomic mass is 35.5. The number of β-amino-alcohol motifs (C(OH)–C–C–N with tert-alkyl or cyclic N) is 1. The molecule has 0 aliphatic carbocycles. The van der Waals surface area contributed by atoms with Gasteiger partial charge in [0.15, 0.2) is 0 Å². The molecule has 0 saturated carbocycles. The van der Waals surface area contributed by atoms with E-state index < -0.39 is 18.2 Å². The van der Waals surface area contributed by atoms with Crippen molar-refractivity contribution in [2.45, 2.75) is 44.0 Å². The molecule has 126 valence electrons. The molecule has 1 aromatic carbocycles. The molecule has 0 spiro atoms. The molecule has 2 heterocycles. The SMILES string of the molecule is CC1CC(NC(=O)C2CC(O)CN2)C(=O)N1c1ccccc1.Cl. The first-order valence-electron chi connectivity index (χ1n) is 7.66. The monoisotopic (exact) mass is 339 g/mol. The minimum Gasteiger partial charge on any atom is -0.392 e. The summed E-state index contributed by atoms with van der Waals surface area (Å²) in [6.45, 7) is 2.40. The first-order chi connectivity index (χ1) is 10.6. The molecule has 23 heavy (non-hydrogen) atoms. The van der Waals surface area contributed by atoms with E-state index in [1.54, 1.807) is 4.90 Å². The molecule has 2 aliphatic rings. The first-order valence-corrected chi connectivity index (χ1v) is 7.66. The molecule has 6 nitrogen and oxygen atoms in total. The normalized spacial score (nSPS) is 30.2. The van der Waals surface area contributed by atoms with Crippen molar-refractivity contribution in [3.8, 4) is 0 Å². The average Bonchev–Trinajstić information content (AvgIpc) is 3.05. The largest absolute Gasteiger partial charge is 0.392 e. The van der Waals surface area contributed by atoms with Crippen LogP contribution in [0.2, 0.25) is 0 Å². The Balaban J connectivity index is 0.00000192. The number of benzene rings is 1. The van der Waals surface area contributed by atoms with E-state index in [9.17, 15) is 14.7 Å². The number of carbonyl (C=O) groups is 2. The fourth-order valence-corrected chi connectivity index (χ4v) is 3.21. The molecule has 2 amide bonds. The second-order valence-corrected chi connectivity index (χ2v) is 6.04. The van der Waals surface area contributed by atoms with Gasteiger partial charge in [-0.05, 0) is 31.9 Å². The van der Waals surface area contributed by atoms with Crippen LogP contribution in [0.4, 0.5) is 5.69 Å². The number of aliphatic hydroxyl groups excluding tert-OH is 1. The number of amides is 2. The third-order valence-electron chi connectivity index (χ3n) is 4.33. The van der Waals surface area contributed by atoms with Gasteiger partial charge in [-0.3, -0.25) is 9.59 Å². The van der Waals surface area contributed by atoms with Gasteiger partial charge < -0.3 is 20.6 Å². The van der Waals surface area contributed by atoms with Crippen LogP contribution in [-0.4, -0.2) is 47.7 Å². The Morgan fingerprint density at radius 3 is 2.61 bits per heavy atom. The Bertz CT molecular complexity index is 569. The van der Waals surface area contributed by atoms with Gasteiger partial charge in [-0.2, -0.15) is 0 Å². The van der Waals surface area contributed by atoms with Crippen molar-refractivity contribution in [2.24, 2.45) is 0 Å². The quantitative estimate of drug-likeness (QED) is 0.746. The van der Waals surface area contributed by atoms with Crippen molar-refractivity contribution >= 4 is 29.9 Å². The number of rotatable bonds is 3. The third-order valence-corrected chi connectivity index (χ3v) is 4.33. The lowest BCUT2D eigenvalue weighted by molar-refractivity contribution is -0.127. The lowest BCUT2D eigenvalue weighted by Gasteiger charge is -2.21. The zero-order valence-electron chi connectivity index (χ0n) is 12.9. The van der Waals surface area contributed by atoms with Crippen molar-refractivity contribution in [3.63, 3.8) is 0 Å². The molecular weight excluding hydrogens is 318 g/mol. The molecule has 4 atom stereocenters. The molecule has 1 aromatic rings. The van der Waals surface area contributed by atoms with Gasteiger partial charge in [0.2, 0.25) is 11.8 Å². The lowest BCUT2D eigenvalue weighted by Crippen LogP contribution is -2.48. The molecule has 4 unspecified atom stereocenters. The topological polar surface area (TPSA) is 81.7 Å². The third kappa shape index (κ3) is 3.65. The van der Waals surface area contributed by atoms with E-state index in [1.165, 1.54) is 0 Å². The number of para-hydroxylation sites is 1. The maximum Gasteiger partial charge on any atom is 0.249 e. The van der Waals surface area contributed by atoms with Crippen molar-refractivity contribution in [1.29, 1.82) is 0 Å². The maximum absolute atomic E-state index is 12.6. The van der Waals surface area contributed by atoms with Crippen molar-refractivity contribution in [3.05, 3.63) is 30.3 Å². The van der Waals surface area contributed by atoms with E-state index in [2.05, 4.69) is 10.6 Å². The van der Waals surface area contributed by atoms with Crippen LogP contribution in [0.3, 0.4) is 0 Å². The number of nitrogens with zero attached hydrogens (tertiary/aromatic N) is 1. The van der Waals surface area contributed by atoms with Crippen LogP contribution in [0.15, 0.2) is 30.3 Å². The number of hydrogen-bond acceptors (Lipinski definition) is 4. The fraction of sp³-hybridized carbons (Fsp3) is 0.500. The van der Waals surface area contributed by atoms with Crippen LogP contribution < -0.4 is 15.5 Å². The molecule has 3 N–H and O–H groups in total. The highest BCUT2D eigenvalue weighted by molar-refractivity contribution is 6.02. The standard InChI is InChI=1S/C16H21N3O3.ClH/c1-10-7-14(18-15(21)13-8-12(20)9-17-13)16(22)19(10)11-5-3-2-4-6-11;/h2-6,10,12-14,17,20H,7-9H2,1H3,(H,18,21);1H. The van der Waals surface area contributed by atoms with E-state index in [1.807, 2.05) is 37.3 Å². The second kappa shape index (κ2) is 7.29. The van der Waals surface area contributed by atoms with Gasteiger partial charge in [-0.25, -0.2) is 0 Å². The molecule has 2 aliphatic heterocycles. The van der Waals surface area contributed by atoms with Crippen LogP contribution in [0, 0.1) is 0 Å². The summed E-state index contributed by atoms with van der Waals surface area (Å²) >= 11 is 0. The zero-order valence-corrected chi connectivity index (χ0v) is 13.8. The van der Waals surface area contributed by atoms with Crippen LogP contribution in [-0.2, 0) is 9.59 Å². The minimum atomic E-state index is -0.498. The predicted octanol–water partition coefficient (Wildman–Crippen LogP) is 0.441. The number of halogens is 1. The van der Waals surface area contributed by atoms with Crippen LogP contribution >= 0.6 is 12.4 Å². The maximum atomic E-state index is 12.6.